The van der Waals surface area contributed by atoms with Gasteiger partial charge in [0.05, 0.1) is 5.52 Å². The van der Waals surface area contributed by atoms with E-state index in [4.69, 9.17) is 4.74 Å². The van der Waals surface area contributed by atoms with Crippen LogP contribution in [0.2, 0.25) is 0 Å². The van der Waals surface area contributed by atoms with E-state index < -0.39 is 36.6 Å². The first kappa shape index (κ1) is 19.2. The minimum Gasteiger partial charge on any atom is -0.479 e. The first-order valence-electron chi connectivity index (χ1n) is 8.96. The standard InChI is InChI=1S/C20H19N3O6/c24-15-16(25)18(20(27)28)29-19(17(15)26)23(13-7-3-4-10-21-13)14-9-8-11-5-1-2-6-12(11)22-14/h1-10,15-19,24-26H,(H,27,28)/t15-,16-,17+,18-,19?/m0/s1. The van der Waals surface area contributed by atoms with Crippen LogP contribution in [0.4, 0.5) is 11.6 Å². The van der Waals surface area contributed by atoms with Gasteiger partial charge in [0.1, 0.15) is 29.9 Å². The van der Waals surface area contributed by atoms with Crippen LogP contribution in [-0.2, 0) is 9.53 Å². The van der Waals surface area contributed by atoms with Crippen LogP contribution in [-0.4, -0.2) is 67.0 Å². The number of rotatable bonds is 4. The van der Waals surface area contributed by atoms with Crippen LogP contribution in [0.15, 0.2) is 60.8 Å². The summed E-state index contributed by atoms with van der Waals surface area (Å²) in [7, 11) is 0. The van der Waals surface area contributed by atoms with Gasteiger partial charge in [0.2, 0.25) is 0 Å². The van der Waals surface area contributed by atoms with Gasteiger partial charge in [0.15, 0.2) is 12.3 Å². The third-order valence-corrected chi connectivity index (χ3v) is 4.81. The number of benzene rings is 1. The van der Waals surface area contributed by atoms with Crippen molar-refractivity contribution in [1.82, 2.24) is 9.97 Å². The number of aromatic nitrogens is 2. The highest BCUT2D eigenvalue weighted by atomic mass is 16.6. The van der Waals surface area contributed by atoms with Crippen LogP contribution < -0.4 is 4.90 Å². The van der Waals surface area contributed by atoms with Crippen LogP contribution in [0.1, 0.15) is 0 Å². The molecule has 0 spiro atoms. The number of fused-ring (bicyclic) bond motifs is 1. The van der Waals surface area contributed by atoms with Gasteiger partial charge in [-0.2, -0.15) is 0 Å². The number of aliphatic hydroxyl groups excluding tert-OH is 3. The van der Waals surface area contributed by atoms with Crippen LogP contribution in [0, 0.1) is 0 Å². The molecule has 1 aliphatic heterocycles. The highest BCUT2D eigenvalue weighted by molar-refractivity contribution is 5.81. The van der Waals surface area contributed by atoms with E-state index in [0.717, 1.165) is 5.39 Å². The number of carboxylic acid groups (broad SMARTS) is 1. The highest BCUT2D eigenvalue weighted by Crippen LogP contribution is 2.33. The van der Waals surface area contributed by atoms with Gasteiger partial charge in [-0.1, -0.05) is 24.3 Å². The summed E-state index contributed by atoms with van der Waals surface area (Å²) in [5.41, 5.74) is 0.673. The van der Waals surface area contributed by atoms with Crippen LogP contribution >= 0.6 is 0 Å². The Morgan fingerprint density at radius 3 is 2.38 bits per heavy atom. The van der Waals surface area contributed by atoms with Gasteiger partial charge in [-0.05, 0) is 30.3 Å². The average Bonchev–Trinajstić information content (AvgIpc) is 2.74. The second kappa shape index (κ2) is 7.72. The Morgan fingerprint density at radius 1 is 0.897 bits per heavy atom. The number of carbonyl (C=O) groups is 1. The van der Waals surface area contributed by atoms with Crippen molar-refractivity contribution in [2.45, 2.75) is 30.6 Å². The Labute approximate surface area is 165 Å². The highest BCUT2D eigenvalue weighted by Gasteiger charge is 2.49. The number of anilines is 2. The number of hydrogen-bond acceptors (Lipinski definition) is 8. The van der Waals surface area contributed by atoms with Crippen molar-refractivity contribution < 1.29 is 30.0 Å². The van der Waals surface area contributed by atoms with Crippen molar-refractivity contribution in [2.24, 2.45) is 0 Å². The lowest BCUT2D eigenvalue weighted by atomic mass is 9.97. The number of aliphatic carboxylic acids is 1. The summed E-state index contributed by atoms with van der Waals surface area (Å²) in [5.74, 6) is -0.799. The summed E-state index contributed by atoms with van der Waals surface area (Å²) in [6.07, 6.45) is -6.69. The van der Waals surface area contributed by atoms with E-state index in [-0.39, 0.29) is 0 Å². The van der Waals surface area contributed by atoms with Crippen molar-refractivity contribution in [2.75, 3.05) is 4.90 Å². The third kappa shape index (κ3) is 3.52. The van der Waals surface area contributed by atoms with Gasteiger partial charge in [0, 0.05) is 11.6 Å². The van der Waals surface area contributed by atoms with E-state index >= 15 is 0 Å². The van der Waals surface area contributed by atoms with Crippen LogP contribution in [0.3, 0.4) is 0 Å². The lowest BCUT2D eigenvalue weighted by molar-refractivity contribution is -0.225. The van der Waals surface area contributed by atoms with Crippen molar-refractivity contribution in [1.29, 1.82) is 0 Å². The zero-order chi connectivity index (χ0) is 20.5. The topological polar surface area (TPSA) is 136 Å². The fourth-order valence-electron chi connectivity index (χ4n) is 3.34. The van der Waals surface area contributed by atoms with Crippen molar-refractivity contribution >= 4 is 28.5 Å². The molecule has 0 radical (unpaired) electrons. The molecular weight excluding hydrogens is 378 g/mol. The number of nitrogens with zero attached hydrogens (tertiary/aromatic N) is 3. The Bertz CT molecular complexity index is 1020. The molecule has 1 fully saturated rings. The first-order chi connectivity index (χ1) is 14.0. The smallest absolute Gasteiger partial charge is 0.335 e. The van der Waals surface area contributed by atoms with Crippen LogP contribution in [0.25, 0.3) is 10.9 Å². The first-order valence-corrected chi connectivity index (χ1v) is 8.96. The van der Waals surface area contributed by atoms with Crippen molar-refractivity contribution in [3.05, 3.63) is 60.8 Å². The van der Waals surface area contributed by atoms with E-state index in [9.17, 15) is 25.2 Å². The van der Waals surface area contributed by atoms with Gasteiger partial charge in [0.25, 0.3) is 0 Å². The lowest BCUT2D eigenvalue weighted by Crippen LogP contribution is -2.63. The van der Waals surface area contributed by atoms with E-state index in [1.165, 1.54) is 11.1 Å². The molecule has 1 unspecified atom stereocenters. The number of aliphatic hydroxyl groups is 3. The fourth-order valence-corrected chi connectivity index (χ4v) is 3.34. The minimum absolute atomic E-state index is 0.326. The van der Waals surface area contributed by atoms with E-state index in [1.807, 2.05) is 30.3 Å². The molecule has 9 nitrogen and oxygen atoms in total. The molecule has 3 aromatic rings. The van der Waals surface area contributed by atoms with Gasteiger partial charge in [-0.3, -0.25) is 4.90 Å². The molecule has 4 N–H and O–H groups in total. The molecule has 2 aromatic heterocycles. The quantitative estimate of drug-likeness (QED) is 0.500. The van der Waals surface area contributed by atoms with Crippen LogP contribution in [0.5, 0.6) is 0 Å². The Morgan fingerprint density at radius 2 is 1.66 bits per heavy atom. The van der Waals surface area contributed by atoms with E-state index in [2.05, 4.69) is 9.97 Å². The Kier molecular flexibility index (Phi) is 5.12. The predicted octanol–water partition coefficient (Wildman–Crippen LogP) is 0.660. The van der Waals surface area contributed by atoms with Crippen molar-refractivity contribution in [3.8, 4) is 0 Å². The van der Waals surface area contributed by atoms with Crippen molar-refractivity contribution in [3.63, 3.8) is 0 Å². The second-order valence-electron chi connectivity index (χ2n) is 6.68. The largest absolute Gasteiger partial charge is 0.479 e. The maximum atomic E-state index is 11.5. The van der Waals surface area contributed by atoms with Gasteiger partial charge >= 0.3 is 5.97 Å². The molecule has 29 heavy (non-hydrogen) atoms. The number of carboxylic acids is 1. The van der Waals surface area contributed by atoms with Gasteiger partial charge < -0.3 is 25.2 Å². The number of para-hydroxylation sites is 1. The SMILES string of the molecule is O=C(O)[C@H]1OC(N(c2ccccn2)c2ccc3ccccc3n2)[C@H](O)[C@@H](O)[C@@H]1O. The zero-order valence-corrected chi connectivity index (χ0v) is 15.1. The van der Waals surface area contributed by atoms with Gasteiger partial charge in [-0.25, -0.2) is 14.8 Å². The molecule has 1 aromatic carbocycles. The molecule has 0 bridgehead atoms. The average molecular weight is 397 g/mol. The summed E-state index contributed by atoms with van der Waals surface area (Å²) >= 11 is 0. The minimum atomic E-state index is -1.78. The molecule has 3 heterocycles. The molecule has 9 heteroatoms. The predicted molar refractivity (Wildman–Crippen MR) is 102 cm³/mol. The molecular formula is C20H19N3O6. The normalized spacial score (nSPS) is 26.9. The Hall–Kier alpha value is -3.11. The maximum absolute atomic E-state index is 11.5. The summed E-state index contributed by atoms with van der Waals surface area (Å²) in [6.45, 7) is 0. The number of pyridine rings is 2. The molecule has 1 aliphatic rings. The molecule has 150 valence electrons. The zero-order valence-electron chi connectivity index (χ0n) is 15.1. The van der Waals surface area contributed by atoms with E-state index in [1.54, 1.807) is 24.3 Å². The third-order valence-electron chi connectivity index (χ3n) is 4.81. The monoisotopic (exact) mass is 397 g/mol. The summed E-state index contributed by atoms with van der Waals surface area (Å²) < 4.78 is 5.51. The lowest BCUT2D eigenvalue weighted by Gasteiger charge is -2.43. The molecule has 0 aliphatic carbocycles. The molecule has 0 saturated carbocycles. The maximum Gasteiger partial charge on any atom is 0.335 e. The number of ether oxygens (including phenoxy) is 1. The molecule has 0 amide bonds. The fraction of sp³-hybridized carbons (Fsp3) is 0.250. The molecule has 4 rings (SSSR count). The summed E-state index contributed by atoms with van der Waals surface area (Å²) in [5, 5.41) is 41.1. The van der Waals surface area contributed by atoms with Gasteiger partial charge in [-0.15, -0.1) is 0 Å². The molecule has 1 saturated heterocycles. The summed E-state index contributed by atoms with van der Waals surface area (Å²) in [4.78, 5) is 21.8. The van der Waals surface area contributed by atoms with E-state index in [0.29, 0.717) is 17.2 Å². The second-order valence-corrected chi connectivity index (χ2v) is 6.68. The molecule has 5 atom stereocenters. The summed E-state index contributed by atoms with van der Waals surface area (Å²) in [6, 6.07) is 16.0. The Balaban J connectivity index is 1.83. The number of hydrogen-bond donors (Lipinski definition) is 4.